The fraction of sp³-hybridized carbons (Fsp3) is 0.333. The molecule has 1 aromatic rings. The summed E-state index contributed by atoms with van der Waals surface area (Å²) >= 11 is 8.21. The molecule has 7 heteroatoms. The van der Waals surface area contributed by atoms with Crippen LogP contribution in [0.25, 0.3) is 0 Å². The zero-order chi connectivity index (χ0) is 13.7. The van der Waals surface area contributed by atoms with Crippen molar-refractivity contribution in [3.8, 4) is 0 Å². The highest BCUT2D eigenvalue weighted by molar-refractivity contribution is 9.10. The van der Waals surface area contributed by atoms with Crippen LogP contribution in [0.4, 0.5) is 5.69 Å². The molecular formula is C12H15BrN4OS. The predicted molar refractivity (Wildman–Crippen MR) is 84.7 cm³/mol. The quantitative estimate of drug-likeness (QED) is 0.494. The van der Waals surface area contributed by atoms with Gasteiger partial charge in [0.05, 0.1) is 19.4 Å². The fourth-order valence-corrected chi connectivity index (χ4v) is 2.33. The molecule has 0 aliphatic carbocycles. The Morgan fingerprint density at radius 3 is 2.84 bits per heavy atom. The molecule has 0 aromatic heterocycles. The van der Waals surface area contributed by atoms with E-state index in [-0.39, 0.29) is 5.11 Å². The zero-order valence-electron chi connectivity index (χ0n) is 10.3. The Morgan fingerprint density at radius 1 is 1.47 bits per heavy atom. The number of rotatable bonds is 3. The fourth-order valence-electron chi connectivity index (χ4n) is 1.80. The number of hydrogen-bond donors (Lipinski definition) is 2. The Balaban J connectivity index is 2.07. The number of morpholine rings is 1. The van der Waals surface area contributed by atoms with Crippen LogP contribution in [-0.2, 0) is 4.74 Å². The summed E-state index contributed by atoms with van der Waals surface area (Å²) in [4.78, 5) is 2.29. The average molecular weight is 343 g/mol. The Hall–Kier alpha value is -1.18. The van der Waals surface area contributed by atoms with Crippen molar-refractivity contribution < 1.29 is 4.74 Å². The number of nitrogens with one attached hydrogen (secondary N) is 1. The van der Waals surface area contributed by atoms with Crippen molar-refractivity contribution in [1.82, 2.24) is 5.43 Å². The first-order chi connectivity index (χ1) is 9.16. The first-order valence-electron chi connectivity index (χ1n) is 5.87. The van der Waals surface area contributed by atoms with Gasteiger partial charge in [-0.05, 0) is 24.4 Å². The SMILES string of the molecule is NC(=S)NN=Cc1ccc(N2CCOCC2)cc1Br. The van der Waals surface area contributed by atoms with E-state index in [1.54, 1.807) is 6.21 Å². The van der Waals surface area contributed by atoms with Crippen molar-refractivity contribution in [2.45, 2.75) is 0 Å². The molecule has 0 bridgehead atoms. The van der Waals surface area contributed by atoms with Gasteiger partial charge in [-0.15, -0.1) is 0 Å². The van der Waals surface area contributed by atoms with Gasteiger partial charge in [0, 0.05) is 28.8 Å². The molecule has 2 rings (SSSR count). The number of hydrazone groups is 1. The number of halogens is 1. The third-order valence-electron chi connectivity index (χ3n) is 2.74. The molecular weight excluding hydrogens is 328 g/mol. The van der Waals surface area contributed by atoms with E-state index < -0.39 is 0 Å². The maximum Gasteiger partial charge on any atom is 0.184 e. The Labute approximate surface area is 125 Å². The van der Waals surface area contributed by atoms with Crippen LogP contribution in [0.5, 0.6) is 0 Å². The van der Waals surface area contributed by atoms with E-state index in [2.05, 4.69) is 55.7 Å². The van der Waals surface area contributed by atoms with Crippen molar-refractivity contribution in [2.24, 2.45) is 10.8 Å². The second-order valence-electron chi connectivity index (χ2n) is 4.04. The maximum atomic E-state index is 5.34. The lowest BCUT2D eigenvalue weighted by atomic mass is 10.2. The van der Waals surface area contributed by atoms with Crippen molar-refractivity contribution in [3.05, 3.63) is 28.2 Å². The molecule has 0 radical (unpaired) electrons. The van der Waals surface area contributed by atoms with E-state index in [1.165, 1.54) is 5.69 Å². The van der Waals surface area contributed by atoms with E-state index >= 15 is 0 Å². The summed E-state index contributed by atoms with van der Waals surface area (Å²) in [6, 6.07) is 6.14. The maximum absolute atomic E-state index is 5.34. The van der Waals surface area contributed by atoms with Crippen LogP contribution >= 0.6 is 28.1 Å². The van der Waals surface area contributed by atoms with Gasteiger partial charge in [0.15, 0.2) is 5.11 Å². The highest BCUT2D eigenvalue weighted by Gasteiger charge is 2.11. The summed E-state index contributed by atoms with van der Waals surface area (Å²) in [6.07, 6.45) is 1.67. The van der Waals surface area contributed by atoms with Gasteiger partial charge >= 0.3 is 0 Å². The zero-order valence-corrected chi connectivity index (χ0v) is 12.7. The van der Waals surface area contributed by atoms with Crippen LogP contribution in [0.2, 0.25) is 0 Å². The molecule has 1 heterocycles. The number of benzene rings is 1. The van der Waals surface area contributed by atoms with Crippen LogP contribution in [0.1, 0.15) is 5.56 Å². The predicted octanol–water partition coefficient (Wildman–Crippen LogP) is 1.45. The van der Waals surface area contributed by atoms with Crippen LogP contribution in [0, 0.1) is 0 Å². The molecule has 0 unspecified atom stereocenters. The third kappa shape index (κ3) is 4.15. The molecule has 5 nitrogen and oxygen atoms in total. The molecule has 1 fully saturated rings. The smallest absolute Gasteiger partial charge is 0.184 e. The van der Waals surface area contributed by atoms with Gasteiger partial charge in [-0.25, -0.2) is 0 Å². The third-order valence-corrected chi connectivity index (χ3v) is 3.52. The second-order valence-corrected chi connectivity index (χ2v) is 5.33. The lowest BCUT2D eigenvalue weighted by molar-refractivity contribution is 0.122. The van der Waals surface area contributed by atoms with E-state index in [0.29, 0.717) is 0 Å². The van der Waals surface area contributed by atoms with Gasteiger partial charge in [-0.3, -0.25) is 5.43 Å². The van der Waals surface area contributed by atoms with E-state index in [0.717, 1.165) is 36.3 Å². The Morgan fingerprint density at radius 2 is 2.21 bits per heavy atom. The molecule has 1 aliphatic heterocycles. The number of anilines is 1. The summed E-state index contributed by atoms with van der Waals surface area (Å²) in [5.74, 6) is 0. The normalized spacial score (nSPS) is 15.7. The number of ether oxygens (including phenoxy) is 1. The summed E-state index contributed by atoms with van der Waals surface area (Å²) in [5, 5.41) is 4.09. The molecule has 0 spiro atoms. The standard InChI is InChI=1S/C12H15BrN4OS/c13-11-7-10(17-3-5-18-6-4-17)2-1-9(11)8-15-16-12(14)19/h1-2,7-8H,3-6H2,(H3,14,16,19). The largest absolute Gasteiger partial charge is 0.378 e. The van der Waals surface area contributed by atoms with Crippen LogP contribution in [0.3, 0.4) is 0 Å². The minimum absolute atomic E-state index is 0.150. The van der Waals surface area contributed by atoms with Gasteiger partial charge in [0.1, 0.15) is 0 Å². The number of hydrogen-bond acceptors (Lipinski definition) is 4. The number of nitrogens with two attached hydrogens (primary N) is 1. The second kappa shape index (κ2) is 6.83. The molecule has 1 aliphatic rings. The minimum Gasteiger partial charge on any atom is -0.378 e. The molecule has 1 aromatic carbocycles. The summed E-state index contributed by atoms with van der Waals surface area (Å²) in [7, 11) is 0. The molecule has 0 saturated carbocycles. The summed E-state index contributed by atoms with van der Waals surface area (Å²) < 4.78 is 6.32. The topological polar surface area (TPSA) is 62.9 Å². The van der Waals surface area contributed by atoms with Gasteiger partial charge in [0.2, 0.25) is 0 Å². The van der Waals surface area contributed by atoms with Gasteiger partial charge < -0.3 is 15.4 Å². The highest BCUT2D eigenvalue weighted by Crippen LogP contribution is 2.23. The first kappa shape index (κ1) is 14.2. The number of thiocarbonyl (C=S) groups is 1. The molecule has 0 amide bonds. The monoisotopic (exact) mass is 342 g/mol. The van der Waals surface area contributed by atoms with Crippen molar-refractivity contribution in [1.29, 1.82) is 0 Å². The summed E-state index contributed by atoms with van der Waals surface area (Å²) in [5.41, 5.74) is 9.96. The summed E-state index contributed by atoms with van der Waals surface area (Å²) in [6.45, 7) is 3.39. The molecule has 0 atom stereocenters. The molecule has 3 N–H and O–H groups in total. The van der Waals surface area contributed by atoms with Gasteiger partial charge in [-0.2, -0.15) is 5.10 Å². The van der Waals surface area contributed by atoms with Gasteiger partial charge in [0.25, 0.3) is 0 Å². The van der Waals surface area contributed by atoms with E-state index in [4.69, 9.17) is 10.5 Å². The van der Waals surface area contributed by atoms with Crippen LogP contribution < -0.4 is 16.1 Å². The van der Waals surface area contributed by atoms with Crippen LogP contribution in [-0.4, -0.2) is 37.6 Å². The van der Waals surface area contributed by atoms with Crippen LogP contribution in [0.15, 0.2) is 27.8 Å². The van der Waals surface area contributed by atoms with E-state index in [1.807, 2.05) is 6.07 Å². The Kier molecular flexibility index (Phi) is 5.12. The van der Waals surface area contributed by atoms with Crippen molar-refractivity contribution in [3.63, 3.8) is 0 Å². The molecule has 1 saturated heterocycles. The Bertz CT molecular complexity index is 489. The van der Waals surface area contributed by atoms with Gasteiger partial charge in [-0.1, -0.05) is 22.0 Å². The molecule has 19 heavy (non-hydrogen) atoms. The highest BCUT2D eigenvalue weighted by atomic mass is 79.9. The molecule has 102 valence electrons. The van der Waals surface area contributed by atoms with Crippen molar-refractivity contribution in [2.75, 3.05) is 31.2 Å². The van der Waals surface area contributed by atoms with E-state index in [9.17, 15) is 0 Å². The number of nitrogens with zero attached hydrogens (tertiary/aromatic N) is 2. The lowest BCUT2D eigenvalue weighted by Gasteiger charge is -2.29. The lowest BCUT2D eigenvalue weighted by Crippen LogP contribution is -2.36. The minimum atomic E-state index is 0.150. The first-order valence-corrected chi connectivity index (χ1v) is 7.07. The average Bonchev–Trinajstić information content (AvgIpc) is 2.41. The van der Waals surface area contributed by atoms with Crippen molar-refractivity contribution >= 4 is 45.2 Å².